The predicted octanol–water partition coefficient (Wildman–Crippen LogP) is 1.11. The molecule has 19 heavy (non-hydrogen) atoms. The second kappa shape index (κ2) is 6.63. The van der Waals surface area contributed by atoms with E-state index in [0.717, 1.165) is 13.1 Å². The molecule has 0 aromatic heterocycles. The van der Waals surface area contributed by atoms with Crippen LogP contribution in [-0.4, -0.2) is 37.0 Å². The molecule has 1 aromatic rings. The summed E-state index contributed by atoms with van der Waals surface area (Å²) in [6.07, 6.45) is 2.56. The van der Waals surface area contributed by atoms with Crippen molar-refractivity contribution < 1.29 is 9.18 Å². The highest BCUT2D eigenvalue weighted by molar-refractivity contribution is 5.92. The Morgan fingerprint density at radius 2 is 2.11 bits per heavy atom. The zero-order valence-corrected chi connectivity index (χ0v) is 11.0. The summed E-state index contributed by atoms with van der Waals surface area (Å²) in [4.78, 5) is 13.3. The van der Waals surface area contributed by atoms with Crippen LogP contribution in [0.25, 0.3) is 0 Å². The first-order valence-corrected chi connectivity index (χ1v) is 6.68. The van der Waals surface area contributed by atoms with Crippen molar-refractivity contribution in [1.82, 2.24) is 10.2 Å². The Balaban J connectivity index is 1.77. The molecule has 0 aliphatic carbocycles. The summed E-state index contributed by atoms with van der Waals surface area (Å²) in [5.74, 6) is -0.989. The minimum absolute atomic E-state index is 0.207. The van der Waals surface area contributed by atoms with Gasteiger partial charge >= 0.3 is 0 Å². The largest absolute Gasteiger partial charge is 0.366 e. The zero-order valence-electron chi connectivity index (χ0n) is 11.0. The third-order valence-electron chi connectivity index (χ3n) is 3.46. The summed E-state index contributed by atoms with van der Waals surface area (Å²) in [7, 11) is 0. The van der Waals surface area contributed by atoms with Crippen LogP contribution >= 0.6 is 0 Å². The fourth-order valence-electron chi connectivity index (χ4n) is 2.31. The first kappa shape index (κ1) is 14.0. The fraction of sp³-hybridized carbons (Fsp3) is 0.500. The predicted molar refractivity (Wildman–Crippen MR) is 72.3 cm³/mol. The molecular formula is C14H20FN3O. The SMILES string of the molecule is NC(=O)c1ccc(CNCCN2CCCC2)c(F)c1. The van der Waals surface area contributed by atoms with Crippen molar-refractivity contribution >= 4 is 5.91 Å². The Kier molecular flexibility index (Phi) is 4.87. The molecule has 2 rings (SSSR count). The van der Waals surface area contributed by atoms with E-state index in [2.05, 4.69) is 10.2 Å². The molecule has 1 aliphatic heterocycles. The molecule has 1 heterocycles. The van der Waals surface area contributed by atoms with Gasteiger partial charge in [-0.1, -0.05) is 6.07 Å². The number of nitrogens with zero attached hydrogens (tertiary/aromatic N) is 1. The quantitative estimate of drug-likeness (QED) is 0.758. The average molecular weight is 265 g/mol. The Hall–Kier alpha value is -1.46. The number of benzene rings is 1. The molecule has 0 radical (unpaired) electrons. The van der Waals surface area contributed by atoms with Crippen LogP contribution in [-0.2, 0) is 6.54 Å². The van der Waals surface area contributed by atoms with Crippen LogP contribution in [0.5, 0.6) is 0 Å². The summed E-state index contributed by atoms with van der Waals surface area (Å²) in [6, 6.07) is 4.36. The molecule has 1 aromatic carbocycles. The van der Waals surface area contributed by atoms with Crippen LogP contribution < -0.4 is 11.1 Å². The lowest BCUT2D eigenvalue weighted by atomic mass is 10.1. The number of rotatable bonds is 6. The van der Waals surface area contributed by atoms with E-state index in [9.17, 15) is 9.18 Å². The maximum atomic E-state index is 13.7. The number of halogens is 1. The van der Waals surface area contributed by atoms with Gasteiger partial charge in [0.25, 0.3) is 0 Å². The number of hydrogen-bond donors (Lipinski definition) is 2. The van der Waals surface area contributed by atoms with Gasteiger partial charge in [0.15, 0.2) is 0 Å². The smallest absolute Gasteiger partial charge is 0.248 e. The Morgan fingerprint density at radius 1 is 1.37 bits per heavy atom. The van der Waals surface area contributed by atoms with Gasteiger partial charge < -0.3 is 16.0 Å². The second-order valence-electron chi connectivity index (χ2n) is 4.90. The molecule has 3 N–H and O–H groups in total. The fourth-order valence-corrected chi connectivity index (χ4v) is 2.31. The van der Waals surface area contributed by atoms with E-state index in [0.29, 0.717) is 12.1 Å². The van der Waals surface area contributed by atoms with Gasteiger partial charge in [-0.25, -0.2) is 4.39 Å². The van der Waals surface area contributed by atoms with Crippen LogP contribution in [0.1, 0.15) is 28.8 Å². The molecule has 0 bridgehead atoms. The van der Waals surface area contributed by atoms with Gasteiger partial charge in [-0.05, 0) is 38.1 Å². The normalized spacial score (nSPS) is 15.8. The number of carbonyl (C=O) groups excluding carboxylic acids is 1. The monoisotopic (exact) mass is 265 g/mol. The van der Waals surface area contributed by atoms with Crippen molar-refractivity contribution in [3.63, 3.8) is 0 Å². The van der Waals surface area contributed by atoms with Crippen molar-refractivity contribution in [2.45, 2.75) is 19.4 Å². The van der Waals surface area contributed by atoms with Crippen LogP contribution in [0.3, 0.4) is 0 Å². The summed E-state index contributed by atoms with van der Waals surface area (Å²) in [6.45, 7) is 4.66. The van der Waals surface area contributed by atoms with Crippen LogP contribution in [0.2, 0.25) is 0 Å². The van der Waals surface area contributed by atoms with Crippen molar-refractivity contribution in [3.05, 3.63) is 35.1 Å². The van der Waals surface area contributed by atoms with E-state index in [1.54, 1.807) is 12.1 Å². The Labute approximate surface area is 112 Å². The standard InChI is InChI=1S/C14H20FN3O/c15-13-9-11(14(16)19)3-4-12(13)10-17-5-8-18-6-1-2-7-18/h3-4,9,17H,1-2,5-8,10H2,(H2,16,19). The summed E-state index contributed by atoms with van der Waals surface area (Å²) >= 11 is 0. The molecule has 5 heteroatoms. The second-order valence-corrected chi connectivity index (χ2v) is 4.90. The number of nitrogens with two attached hydrogens (primary N) is 1. The lowest BCUT2D eigenvalue weighted by Crippen LogP contribution is -2.29. The molecular weight excluding hydrogens is 245 g/mol. The maximum absolute atomic E-state index is 13.7. The highest BCUT2D eigenvalue weighted by atomic mass is 19.1. The van der Waals surface area contributed by atoms with Crippen molar-refractivity contribution in [1.29, 1.82) is 0 Å². The highest BCUT2D eigenvalue weighted by Crippen LogP contribution is 2.10. The molecule has 0 unspecified atom stereocenters. The molecule has 0 atom stereocenters. The van der Waals surface area contributed by atoms with E-state index >= 15 is 0 Å². The topological polar surface area (TPSA) is 58.4 Å². The van der Waals surface area contributed by atoms with Gasteiger partial charge in [-0.2, -0.15) is 0 Å². The van der Waals surface area contributed by atoms with E-state index in [1.807, 2.05) is 0 Å². The van der Waals surface area contributed by atoms with E-state index in [-0.39, 0.29) is 11.4 Å². The van der Waals surface area contributed by atoms with Gasteiger partial charge in [0.05, 0.1) is 0 Å². The van der Waals surface area contributed by atoms with Gasteiger partial charge in [-0.3, -0.25) is 4.79 Å². The lowest BCUT2D eigenvalue weighted by molar-refractivity contribution is 0.1000. The highest BCUT2D eigenvalue weighted by Gasteiger charge is 2.10. The minimum atomic E-state index is -0.604. The Bertz CT molecular complexity index is 444. The average Bonchev–Trinajstić information content (AvgIpc) is 2.89. The molecule has 0 saturated carbocycles. The van der Waals surface area contributed by atoms with E-state index in [4.69, 9.17) is 5.73 Å². The van der Waals surface area contributed by atoms with Crippen molar-refractivity contribution in [2.24, 2.45) is 5.73 Å². The molecule has 4 nitrogen and oxygen atoms in total. The number of likely N-dealkylation sites (tertiary alicyclic amines) is 1. The number of amides is 1. The third kappa shape index (κ3) is 4.01. The van der Waals surface area contributed by atoms with Crippen molar-refractivity contribution in [3.8, 4) is 0 Å². The number of primary amides is 1. The summed E-state index contributed by atoms with van der Waals surface area (Å²) < 4.78 is 13.7. The number of nitrogens with one attached hydrogen (secondary N) is 1. The number of carbonyl (C=O) groups is 1. The maximum Gasteiger partial charge on any atom is 0.248 e. The zero-order chi connectivity index (χ0) is 13.7. The molecule has 1 aliphatic rings. The van der Waals surface area contributed by atoms with E-state index in [1.165, 1.54) is 32.0 Å². The van der Waals surface area contributed by atoms with Gasteiger partial charge in [0.1, 0.15) is 5.82 Å². The van der Waals surface area contributed by atoms with E-state index < -0.39 is 5.91 Å². The first-order chi connectivity index (χ1) is 9.16. The van der Waals surface area contributed by atoms with Gasteiger partial charge in [0, 0.05) is 30.8 Å². The minimum Gasteiger partial charge on any atom is -0.366 e. The molecule has 1 saturated heterocycles. The van der Waals surface area contributed by atoms with Crippen LogP contribution in [0.15, 0.2) is 18.2 Å². The molecule has 0 spiro atoms. The van der Waals surface area contributed by atoms with Crippen LogP contribution in [0.4, 0.5) is 4.39 Å². The summed E-state index contributed by atoms with van der Waals surface area (Å²) in [5, 5.41) is 3.22. The first-order valence-electron chi connectivity index (χ1n) is 6.68. The molecule has 1 fully saturated rings. The van der Waals surface area contributed by atoms with Crippen LogP contribution in [0, 0.1) is 5.82 Å². The Morgan fingerprint density at radius 3 is 2.74 bits per heavy atom. The number of hydrogen-bond acceptors (Lipinski definition) is 3. The molecule has 1 amide bonds. The third-order valence-corrected chi connectivity index (χ3v) is 3.46. The molecule has 104 valence electrons. The summed E-state index contributed by atoms with van der Waals surface area (Å²) in [5.41, 5.74) is 5.87. The van der Waals surface area contributed by atoms with Gasteiger partial charge in [-0.15, -0.1) is 0 Å². The lowest BCUT2D eigenvalue weighted by Gasteiger charge is -2.14. The van der Waals surface area contributed by atoms with Gasteiger partial charge in [0.2, 0.25) is 5.91 Å². The van der Waals surface area contributed by atoms with Crippen molar-refractivity contribution in [2.75, 3.05) is 26.2 Å².